The predicted molar refractivity (Wildman–Crippen MR) is 252 cm³/mol. The van der Waals surface area contributed by atoms with Gasteiger partial charge in [0.2, 0.25) is 0 Å². The summed E-state index contributed by atoms with van der Waals surface area (Å²) >= 11 is 7.50. The van der Waals surface area contributed by atoms with Gasteiger partial charge in [-0.3, -0.25) is 0 Å². The Bertz CT molecular complexity index is 1430. The van der Waals surface area contributed by atoms with Gasteiger partial charge in [0, 0.05) is 0 Å². The summed E-state index contributed by atoms with van der Waals surface area (Å²) in [4.78, 5) is 3.16. The van der Waals surface area contributed by atoms with Crippen LogP contribution in [0.2, 0.25) is 0 Å². The van der Waals surface area contributed by atoms with Gasteiger partial charge in [-0.15, -0.1) is 0 Å². The summed E-state index contributed by atoms with van der Waals surface area (Å²) in [5.41, 5.74) is 7.76. The van der Waals surface area contributed by atoms with Crippen molar-refractivity contribution < 1.29 is 23.2 Å². The number of rotatable bonds is 33. The Morgan fingerprint density at radius 1 is 0.714 bits per heavy atom. The van der Waals surface area contributed by atoms with E-state index >= 15 is 0 Å². The zero-order valence-corrected chi connectivity index (χ0v) is 40.6. The normalized spacial score (nSPS) is 15.2. The molecular weight excluding hydrogens is 811 g/mol. The van der Waals surface area contributed by atoms with Crippen LogP contribution in [0.25, 0.3) is 12.2 Å². The minimum atomic E-state index is 0.481. The SMILES string of the molecule is C=C(C)C1Cc2c(CCC(CCCCC)CCCCCCCC)c(SC)c(/C=C/c3ccc([C](C)=[Pd])o3)c(CCC(CCCCC)CCCCCCCC)c2S1. The van der Waals surface area contributed by atoms with Crippen molar-refractivity contribution >= 4 is 39.7 Å². The van der Waals surface area contributed by atoms with E-state index in [1.54, 1.807) is 26.5 Å². The summed E-state index contributed by atoms with van der Waals surface area (Å²) in [6.07, 6.45) is 43.7. The number of unbranched alkanes of at least 4 members (excludes halogenated alkanes) is 14. The maximum atomic E-state index is 6.29. The maximum absolute atomic E-state index is 6.29. The average Bonchev–Trinajstić information content (AvgIpc) is 3.86. The zero-order chi connectivity index (χ0) is 40.5. The van der Waals surface area contributed by atoms with E-state index in [4.69, 9.17) is 4.42 Å². The van der Waals surface area contributed by atoms with Crippen LogP contribution >= 0.6 is 23.5 Å². The fourth-order valence-corrected chi connectivity index (χ4v) is 11.5. The van der Waals surface area contributed by atoms with Crippen molar-refractivity contribution in [2.24, 2.45) is 11.8 Å². The Hall–Kier alpha value is -0.788. The van der Waals surface area contributed by atoms with Crippen molar-refractivity contribution in [1.29, 1.82) is 0 Å². The van der Waals surface area contributed by atoms with Gasteiger partial charge in [0.1, 0.15) is 0 Å². The number of benzene rings is 1. The summed E-state index contributed by atoms with van der Waals surface area (Å²) in [6.45, 7) is 18.2. The molecule has 4 heteroatoms. The van der Waals surface area contributed by atoms with Crippen LogP contribution < -0.4 is 0 Å². The van der Waals surface area contributed by atoms with E-state index in [1.807, 2.05) is 11.8 Å². The Balaban J connectivity index is 2.02. The molecule has 1 aromatic carbocycles. The van der Waals surface area contributed by atoms with Gasteiger partial charge in [-0.2, -0.15) is 0 Å². The summed E-state index contributed by atoms with van der Waals surface area (Å²) < 4.78 is 7.37. The van der Waals surface area contributed by atoms with Crippen LogP contribution in [0, 0.1) is 11.8 Å². The molecule has 3 unspecified atom stereocenters. The first-order valence-corrected chi connectivity index (χ1v) is 26.5. The number of fused-ring (bicyclic) bond motifs is 1. The van der Waals surface area contributed by atoms with Gasteiger partial charge < -0.3 is 0 Å². The molecule has 1 aliphatic rings. The Morgan fingerprint density at radius 3 is 1.68 bits per heavy atom. The number of hydrogen-bond donors (Lipinski definition) is 0. The Morgan fingerprint density at radius 2 is 1.20 bits per heavy atom. The van der Waals surface area contributed by atoms with Gasteiger partial charge in [-0.1, -0.05) is 163 Å². The molecule has 2 aromatic rings. The fraction of sp³-hybridized carbons (Fsp3) is 0.712. The third-order valence-corrected chi connectivity index (χ3v) is 15.3. The summed E-state index contributed by atoms with van der Waals surface area (Å²) in [6, 6.07) is 4.23. The molecule has 56 heavy (non-hydrogen) atoms. The summed E-state index contributed by atoms with van der Waals surface area (Å²) in [5, 5.41) is 0.481. The van der Waals surface area contributed by atoms with Crippen LogP contribution in [0.3, 0.4) is 0 Å². The first-order chi connectivity index (χ1) is 27.3. The van der Waals surface area contributed by atoms with E-state index in [1.165, 1.54) is 178 Å². The van der Waals surface area contributed by atoms with Crippen LogP contribution in [0.4, 0.5) is 0 Å². The first-order valence-electron chi connectivity index (χ1n) is 23.6. The first kappa shape index (κ1) is 49.6. The molecule has 0 aliphatic carbocycles. The van der Waals surface area contributed by atoms with Crippen molar-refractivity contribution in [1.82, 2.24) is 0 Å². The molecular formula is C52H84OPdS2. The van der Waals surface area contributed by atoms with Gasteiger partial charge in [0.05, 0.1) is 0 Å². The van der Waals surface area contributed by atoms with Crippen molar-refractivity contribution in [2.45, 2.75) is 230 Å². The fourth-order valence-electron chi connectivity index (χ4n) is 8.94. The topological polar surface area (TPSA) is 13.1 Å². The quantitative estimate of drug-likeness (QED) is 0.0307. The Kier molecular flexibility index (Phi) is 26.1. The molecule has 0 saturated carbocycles. The molecule has 0 amide bonds. The third kappa shape index (κ3) is 17.4. The van der Waals surface area contributed by atoms with E-state index in [-0.39, 0.29) is 0 Å². The molecule has 3 atom stereocenters. The molecule has 320 valence electrons. The van der Waals surface area contributed by atoms with Gasteiger partial charge >= 0.3 is 199 Å². The summed E-state index contributed by atoms with van der Waals surface area (Å²) in [5.74, 6) is 3.52. The van der Waals surface area contributed by atoms with Crippen molar-refractivity contribution in [2.75, 3.05) is 6.26 Å². The van der Waals surface area contributed by atoms with E-state index < -0.39 is 0 Å². The molecule has 0 bridgehead atoms. The molecule has 0 saturated heterocycles. The minimum absolute atomic E-state index is 0.481. The molecule has 0 fully saturated rings. The van der Waals surface area contributed by atoms with Crippen molar-refractivity contribution in [3.63, 3.8) is 0 Å². The third-order valence-electron chi connectivity index (χ3n) is 12.5. The van der Waals surface area contributed by atoms with E-state index in [9.17, 15) is 0 Å². The zero-order valence-electron chi connectivity index (χ0n) is 37.4. The van der Waals surface area contributed by atoms with Crippen molar-refractivity contribution in [3.8, 4) is 0 Å². The second-order valence-corrected chi connectivity index (χ2v) is 20.5. The van der Waals surface area contributed by atoms with Crippen molar-refractivity contribution in [3.05, 3.63) is 58.1 Å². The predicted octanol–water partition coefficient (Wildman–Crippen LogP) is 17.6. The van der Waals surface area contributed by atoms with Crippen LogP contribution in [0.1, 0.15) is 229 Å². The molecule has 0 radical (unpaired) electrons. The number of hydrogen-bond acceptors (Lipinski definition) is 3. The van der Waals surface area contributed by atoms with Gasteiger partial charge in [-0.05, 0) is 6.92 Å². The molecule has 0 N–H and O–H groups in total. The van der Waals surface area contributed by atoms with E-state index in [2.05, 4.69) is 109 Å². The van der Waals surface area contributed by atoms with Gasteiger partial charge in [0.15, 0.2) is 0 Å². The van der Waals surface area contributed by atoms with Crippen LogP contribution in [0.5, 0.6) is 0 Å². The molecule has 1 aliphatic heterocycles. The van der Waals surface area contributed by atoms with Crippen LogP contribution in [0.15, 0.2) is 38.5 Å². The van der Waals surface area contributed by atoms with Gasteiger partial charge in [0.25, 0.3) is 0 Å². The Labute approximate surface area is 366 Å². The molecule has 2 heterocycles. The molecule has 3 rings (SSSR count). The number of thioether (sulfide) groups is 2. The van der Waals surface area contributed by atoms with Crippen LogP contribution in [-0.4, -0.2) is 15.5 Å². The number of furan rings is 1. The van der Waals surface area contributed by atoms with Gasteiger partial charge in [-0.25, -0.2) is 0 Å². The van der Waals surface area contributed by atoms with E-state index in [0.29, 0.717) is 5.25 Å². The molecule has 0 spiro atoms. The second kappa shape index (κ2) is 29.4. The molecule has 1 nitrogen and oxygen atoms in total. The average molecular weight is 896 g/mol. The monoisotopic (exact) mass is 894 g/mol. The second-order valence-electron chi connectivity index (χ2n) is 17.3. The molecule has 1 aromatic heterocycles. The van der Waals surface area contributed by atoms with Crippen LogP contribution in [-0.2, 0) is 38.0 Å². The standard InChI is InChI=1S/C52H84OS2.Pd/c1-9-14-18-20-22-26-30-42(28-24-16-11-3)32-37-47-46(39-36-45-35-34-44(13-5)53-45)51(54-8)48(49-40-50(41(6)7)55-52(47)49)38-33-43(29-25-17-12-4)31-27-23-21-19-15-10-2;/h34-36,39,42-43,50H,6,9-12,14-33,37-38,40H2,1-5,7-8H3;/b39-36+;. The van der Waals surface area contributed by atoms with E-state index in [0.717, 1.165) is 33.8 Å². The summed E-state index contributed by atoms with van der Waals surface area (Å²) in [7, 11) is 0.